The maximum absolute atomic E-state index is 12.7. The lowest BCUT2D eigenvalue weighted by atomic mass is 10.2. The van der Waals surface area contributed by atoms with Gasteiger partial charge in [-0.15, -0.1) is 0 Å². The molecule has 3 rings (SSSR count). The Labute approximate surface area is 187 Å². The van der Waals surface area contributed by atoms with Crippen molar-refractivity contribution in [3.8, 4) is 0 Å². The number of aryl methyl sites for hydroxylation is 1. The van der Waals surface area contributed by atoms with Crippen molar-refractivity contribution in [2.24, 2.45) is 0 Å². The van der Waals surface area contributed by atoms with E-state index in [-0.39, 0.29) is 16.4 Å². The van der Waals surface area contributed by atoms with Crippen LogP contribution in [0.4, 0.5) is 21.3 Å². The molecule has 0 spiro atoms. The van der Waals surface area contributed by atoms with Crippen molar-refractivity contribution >= 4 is 43.9 Å². The van der Waals surface area contributed by atoms with Crippen LogP contribution in [0.5, 0.6) is 0 Å². The van der Waals surface area contributed by atoms with Crippen molar-refractivity contribution in [3.63, 3.8) is 0 Å². The number of aromatic nitrogens is 1. The molecule has 1 aromatic carbocycles. The zero-order chi connectivity index (χ0) is 22.9. The molecular formula is C20H29N5O4S2. The van der Waals surface area contributed by atoms with E-state index in [9.17, 15) is 13.2 Å². The van der Waals surface area contributed by atoms with Gasteiger partial charge in [0, 0.05) is 45.6 Å². The Morgan fingerprint density at radius 2 is 1.74 bits per heavy atom. The first kappa shape index (κ1) is 23.5. The summed E-state index contributed by atoms with van der Waals surface area (Å²) in [6.45, 7) is 7.38. The number of carbonyl (C=O) groups is 1. The Kier molecular flexibility index (Phi) is 6.89. The number of nitrogens with one attached hydrogen (secondary N) is 1. The quantitative estimate of drug-likeness (QED) is 0.726. The highest BCUT2D eigenvalue weighted by Crippen LogP contribution is 2.31. The molecule has 2 atom stereocenters. The lowest BCUT2D eigenvalue weighted by Gasteiger charge is -2.36. The lowest BCUT2D eigenvalue weighted by Crippen LogP contribution is -2.45. The minimum Gasteiger partial charge on any atom is -0.372 e. The van der Waals surface area contributed by atoms with Crippen LogP contribution in [0.15, 0.2) is 28.5 Å². The number of rotatable bonds is 5. The van der Waals surface area contributed by atoms with Crippen LogP contribution in [-0.4, -0.2) is 70.2 Å². The average Bonchev–Trinajstić information content (AvgIpc) is 3.09. The monoisotopic (exact) mass is 467 g/mol. The summed E-state index contributed by atoms with van der Waals surface area (Å²) in [7, 11) is 0.879. The smallest absolute Gasteiger partial charge is 0.327 e. The number of anilines is 3. The molecule has 0 aliphatic carbocycles. The minimum absolute atomic E-state index is 0.130. The summed E-state index contributed by atoms with van der Waals surface area (Å²) < 4.78 is 31.9. The Morgan fingerprint density at radius 3 is 2.29 bits per heavy atom. The SMILES string of the molecule is Cc1nc(N(C)C(=O)Nc2ccc(N3CC(C)OC(C)C3)cc2)sc1S(=O)(=O)N(C)C. The van der Waals surface area contributed by atoms with Crippen LogP contribution < -0.4 is 15.1 Å². The van der Waals surface area contributed by atoms with Gasteiger partial charge in [0.05, 0.1) is 17.9 Å². The summed E-state index contributed by atoms with van der Waals surface area (Å²) in [4.78, 5) is 20.5. The number of ether oxygens (including phenoxy) is 1. The van der Waals surface area contributed by atoms with Crippen LogP contribution in [0.2, 0.25) is 0 Å². The second-order valence-electron chi connectivity index (χ2n) is 7.86. The van der Waals surface area contributed by atoms with Crippen molar-refractivity contribution in [3.05, 3.63) is 30.0 Å². The molecule has 170 valence electrons. The molecular weight excluding hydrogens is 438 g/mol. The molecule has 11 heteroatoms. The van der Waals surface area contributed by atoms with E-state index in [0.717, 1.165) is 34.4 Å². The molecule has 1 saturated heterocycles. The van der Waals surface area contributed by atoms with Gasteiger partial charge < -0.3 is 15.0 Å². The zero-order valence-corrected chi connectivity index (χ0v) is 20.2. The van der Waals surface area contributed by atoms with Crippen LogP contribution in [0.25, 0.3) is 0 Å². The van der Waals surface area contributed by atoms with Crippen LogP contribution in [0.1, 0.15) is 19.5 Å². The van der Waals surface area contributed by atoms with Gasteiger partial charge in [-0.1, -0.05) is 11.3 Å². The van der Waals surface area contributed by atoms with Crippen LogP contribution in [0, 0.1) is 6.92 Å². The van der Waals surface area contributed by atoms with Gasteiger partial charge in [0.1, 0.15) is 0 Å². The van der Waals surface area contributed by atoms with Gasteiger partial charge in [0.25, 0.3) is 10.0 Å². The highest BCUT2D eigenvalue weighted by molar-refractivity contribution is 7.91. The number of hydrogen-bond acceptors (Lipinski definition) is 7. The molecule has 1 aliphatic heterocycles. The van der Waals surface area contributed by atoms with E-state index in [4.69, 9.17) is 4.74 Å². The molecule has 1 aliphatic rings. The first-order chi connectivity index (χ1) is 14.5. The molecule has 31 heavy (non-hydrogen) atoms. The maximum atomic E-state index is 12.7. The Morgan fingerprint density at radius 1 is 1.16 bits per heavy atom. The van der Waals surface area contributed by atoms with Gasteiger partial charge in [-0.2, -0.15) is 0 Å². The van der Waals surface area contributed by atoms with Crippen LogP contribution in [-0.2, 0) is 14.8 Å². The first-order valence-corrected chi connectivity index (χ1v) is 12.2. The highest BCUT2D eigenvalue weighted by Gasteiger charge is 2.27. The number of amides is 2. The predicted octanol–water partition coefficient (Wildman–Crippen LogP) is 2.98. The number of morpholine rings is 1. The normalized spacial score (nSPS) is 19.5. The van der Waals surface area contributed by atoms with Crippen molar-refractivity contribution < 1.29 is 17.9 Å². The second-order valence-corrected chi connectivity index (χ2v) is 11.2. The first-order valence-electron chi connectivity index (χ1n) is 9.94. The van der Waals surface area contributed by atoms with E-state index < -0.39 is 16.1 Å². The summed E-state index contributed by atoms with van der Waals surface area (Å²) in [5.41, 5.74) is 2.08. The lowest BCUT2D eigenvalue weighted by molar-refractivity contribution is -0.00521. The van der Waals surface area contributed by atoms with Crippen molar-refractivity contribution in [1.29, 1.82) is 0 Å². The molecule has 2 aromatic rings. The fraction of sp³-hybridized carbons (Fsp3) is 0.500. The average molecular weight is 468 g/mol. The Bertz CT molecular complexity index is 1030. The molecule has 9 nitrogen and oxygen atoms in total. The van der Waals surface area contributed by atoms with Crippen molar-refractivity contribution in [2.45, 2.75) is 37.2 Å². The number of carbonyl (C=O) groups excluding carboxylic acids is 1. The minimum atomic E-state index is -3.61. The largest absolute Gasteiger partial charge is 0.372 e. The van der Waals surface area contributed by atoms with Crippen LogP contribution >= 0.6 is 11.3 Å². The number of sulfonamides is 1. The molecule has 2 heterocycles. The summed E-state index contributed by atoms with van der Waals surface area (Å²) in [6, 6.07) is 7.23. The number of hydrogen-bond donors (Lipinski definition) is 1. The van der Waals surface area contributed by atoms with E-state index in [0.29, 0.717) is 16.5 Å². The third-order valence-electron chi connectivity index (χ3n) is 4.95. The van der Waals surface area contributed by atoms with E-state index in [1.54, 1.807) is 14.0 Å². The number of urea groups is 1. The summed E-state index contributed by atoms with van der Waals surface area (Å²) in [5.74, 6) is 0. The maximum Gasteiger partial charge on any atom is 0.327 e. The Hall–Kier alpha value is -2.21. The van der Waals surface area contributed by atoms with E-state index >= 15 is 0 Å². The fourth-order valence-electron chi connectivity index (χ4n) is 3.36. The summed E-state index contributed by atoms with van der Waals surface area (Å²) >= 11 is 0.969. The molecule has 0 radical (unpaired) electrons. The van der Waals surface area contributed by atoms with Gasteiger partial charge >= 0.3 is 6.03 Å². The number of thiazole rings is 1. The molecule has 2 unspecified atom stereocenters. The van der Waals surface area contributed by atoms with Gasteiger partial charge in [0.15, 0.2) is 9.34 Å². The summed E-state index contributed by atoms with van der Waals surface area (Å²) in [5, 5.41) is 3.14. The second kappa shape index (κ2) is 9.11. The van der Waals surface area contributed by atoms with E-state index in [1.807, 2.05) is 24.3 Å². The van der Waals surface area contributed by atoms with Gasteiger partial charge in [-0.3, -0.25) is 4.90 Å². The van der Waals surface area contributed by atoms with Crippen molar-refractivity contribution in [2.75, 3.05) is 49.3 Å². The topological polar surface area (TPSA) is 95.1 Å². The van der Waals surface area contributed by atoms with Gasteiger partial charge in [-0.05, 0) is 45.0 Å². The third-order valence-corrected chi connectivity index (χ3v) is 8.59. The van der Waals surface area contributed by atoms with E-state index in [1.165, 1.54) is 19.0 Å². The molecule has 1 N–H and O–H groups in total. The predicted molar refractivity (Wildman–Crippen MR) is 124 cm³/mol. The molecule has 1 aromatic heterocycles. The molecule has 1 fully saturated rings. The fourth-order valence-corrected chi connectivity index (χ4v) is 5.96. The van der Waals surface area contributed by atoms with Gasteiger partial charge in [0.2, 0.25) is 0 Å². The summed E-state index contributed by atoms with van der Waals surface area (Å²) in [6.07, 6.45) is 0.333. The number of nitrogens with zero attached hydrogens (tertiary/aromatic N) is 4. The van der Waals surface area contributed by atoms with E-state index in [2.05, 4.69) is 29.0 Å². The van der Waals surface area contributed by atoms with Crippen molar-refractivity contribution in [1.82, 2.24) is 9.29 Å². The molecule has 0 bridgehead atoms. The molecule has 0 saturated carbocycles. The third kappa shape index (κ3) is 5.17. The standard InChI is InChI=1S/C20H29N5O4S2/c1-13-11-25(12-14(2)29-13)17-9-7-16(8-10-17)22-19(26)24(6)20-21-15(3)18(30-20)31(27,28)23(4)5/h7-10,13-14H,11-12H2,1-6H3,(H,22,26). The Balaban J connectivity index is 1.69. The molecule has 2 amide bonds. The van der Waals surface area contributed by atoms with Crippen LogP contribution in [0.3, 0.4) is 0 Å². The van der Waals surface area contributed by atoms with Gasteiger partial charge in [-0.25, -0.2) is 22.5 Å². The highest BCUT2D eigenvalue weighted by atomic mass is 32.2. The number of benzene rings is 1. The zero-order valence-electron chi connectivity index (χ0n) is 18.6.